The summed E-state index contributed by atoms with van der Waals surface area (Å²) in [5.74, 6) is 0. The number of thiophene rings is 1. The summed E-state index contributed by atoms with van der Waals surface area (Å²) in [6.07, 6.45) is 0. The predicted molar refractivity (Wildman–Crippen MR) is 73.9 cm³/mol. The second-order valence-electron chi connectivity index (χ2n) is 3.91. The zero-order valence-corrected chi connectivity index (χ0v) is 10.6. The molecule has 94 valence electrons. The van der Waals surface area contributed by atoms with Crippen LogP contribution >= 0.6 is 11.3 Å². The number of anilines is 2. The largest absolute Gasteiger partial charge is 0.397 e. The van der Waals surface area contributed by atoms with Gasteiger partial charge in [-0.15, -0.1) is 11.3 Å². The van der Waals surface area contributed by atoms with Gasteiger partial charge < -0.3 is 11.1 Å². The van der Waals surface area contributed by atoms with Gasteiger partial charge in [0.25, 0.3) is 5.69 Å². The number of nitrogen functional groups attached to an aromatic ring is 1. The highest BCUT2D eigenvalue weighted by molar-refractivity contribution is 7.10. The smallest absolute Gasteiger partial charge is 0.271 e. The molecule has 1 unspecified atom stereocenters. The standard InChI is InChI=1S/C12H13N3O2S/c1-8(12-3-2-6-18-12)14-11-5-4-9(15(16)17)7-10(11)13/h2-8,14H,13H2,1H3. The van der Waals surface area contributed by atoms with E-state index in [4.69, 9.17) is 5.73 Å². The molecule has 0 aliphatic heterocycles. The van der Waals surface area contributed by atoms with Crippen molar-refractivity contribution in [1.82, 2.24) is 0 Å². The third-order valence-electron chi connectivity index (χ3n) is 2.59. The van der Waals surface area contributed by atoms with E-state index < -0.39 is 4.92 Å². The maximum Gasteiger partial charge on any atom is 0.271 e. The van der Waals surface area contributed by atoms with E-state index in [1.54, 1.807) is 17.4 Å². The fourth-order valence-corrected chi connectivity index (χ4v) is 2.37. The van der Waals surface area contributed by atoms with Crippen LogP contribution in [0.15, 0.2) is 35.7 Å². The molecule has 18 heavy (non-hydrogen) atoms. The lowest BCUT2D eigenvalue weighted by Crippen LogP contribution is -2.07. The lowest BCUT2D eigenvalue weighted by Gasteiger charge is -2.15. The summed E-state index contributed by atoms with van der Waals surface area (Å²) in [7, 11) is 0. The molecule has 0 spiro atoms. The van der Waals surface area contributed by atoms with Crippen LogP contribution in [0.1, 0.15) is 17.8 Å². The fraction of sp³-hybridized carbons (Fsp3) is 0.167. The van der Waals surface area contributed by atoms with Crippen molar-refractivity contribution in [2.75, 3.05) is 11.1 Å². The fourth-order valence-electron chi connectivity index (χ4n) is 1.64. The zero-order chi connectivity index (χ0) is 13.1. The van der Waals surface area contributed by atoms with Crippen LogP contribution in [0.5, 0.6) is 0 Å². The summed E-state index contributed by atoms with van der Waals surface area (Å²) in [6.45, 7) is 2.02. The molecule has 1 aromatic heterocycles. The Kier molecular flexibility index (Phi) is 3.47. The molecule has 0 saturated carbocycles. The van der Waals surface area contributed by atoms with E-state index >= 15 is 0 Å². The van der Waals surface area contributed by atoms with E-state index in [2.05, 4.69) is 5.32 Å². The third-order valence-corrected chi connectivity index (χ3v) is 3.64. The molecule has 6 heteroatoms. The number of hydrogen-bond donors (Lipinski definition) is 2. The summed E-state index contributed by atoms with van der Waals surface area (Å²) < 4.78 is 0. The zero-order valence-electron chi connectivity index (χ0n) is 9.79. The van der Waals surface area contributed by atoms with Crippen molar-refractivity contribution in [1.29, 1.82) is 0 Å². The van der Waals surface area contributed by atoms with Gasteiger partial charge in [0.15, 0.2) is 0 Å². The summed E-state index contributed by atoms with van der Waals surface area (Å²) >= 11 is 1.65. The first-order chi connectivity index (χ1) is 8.58. The molecule has 1 aromatic carbocycles. The van der Waals surface area contributed by atoms with Crippen molar-refractivity contribution in [2.24, 2.45) is 0 Å². The van der Waals surface area contributed by atoms with Gasteiger partial charge in [-0.1, -0.05) is 6.07 Å². The van der Waals surface area contributed by atoms with Gasteiger partial charge in [0.2, 0.25) is 0 Å². The number of nitro benzene ring substituents is 1. The lowest BCUT2D eigenvalue weighted by atomic mass is 10.2. The highest BCUT2D eigenvalue weighted by atomic mass is 32.1. The summed E-state index contributed by atoms with van der Waals surface area (Å²) in [5, 5.41) is 15.9. The Labute approximate surface area is 108 Å². The Morgan fingerprint density at radius 3 is 2.78 bits per heavy atom. The predicted octanol–water partition coefficient (Wildman–Crippen LogP) is 3.41. The molecule has 2 rings (SSSR count). The summed E-state index contributed by atoms with van der Waals surface area (Å²) in [5.41, 5.74) is 6.89. The number of nitrogens with one attached hydrogen (secondary N) is 1. The Morgan fingerprint density at radius 2 is 2.22 bits per heavy atom. The monoisotopic (exact) mass is 263 g/mol. The van der Waals surface area contributed by atoms with Crippen molar-refractivity contribution in [3.63, 3.8) is 0 Å². The average Bonchev–Trinajstić information content (AvgIpc) is 2.85. The third kappa shape index (κ3) is 2.60. The van der Waals surface area contributed by atoms with E-state index in [1.165, 1.54) is 17.0 Å². The molecule has 3 N–H and O–H groups in total. The first kappa shape index (κ1) is 12.4. The van der Waals surface area contributed by atoms with Crippen LogP contribution in [-0.2, 0) is 0 Å². The van der Waals surface area contributed by atoms with Crippen molar-refractivity contribution in [3.05, 3.63) is 50.7 Å². The minimum atomic E-state index is -0.456. The normalized spacial score (nSPS) is 12.1. The van der Waals surface area contributed by atoms with Gasteiger partial charge in [-0.25, -0.2) is 0 Å². The second kappa shape index (κ2) is 5.05. The molecule has 1 atom stereocenters. The Bertz CT molecular complexity index is 554. The molecule has 0 radical (unpaired) electrons. The molecule has 0 fully saturated rings. The summed E-state index contributed by atoms with van der Waals surface area (Å²) in [6, 6.07) is 8.58. The van der Waals surface area contributed by atoms with Gasteiger partial charge in [-0.05, 0) is 24.4 Å². The topological polar surface area (TPSA) is 81.2 Å². The Balaban J connectivity index is 2.17. The van der Waals surface area contributed by atoms with Crippen LogP contribution < -0.4 is 11.1 Å². The van der Waals surface area contributed by atoms with Crippen molar-refractivity contribution >= 4 is 28.4 Å². The second-order valence-corrected chi connectivity index (χ2v) is 4.89. The van der Waals surface area contributed by atoms with Gasteiger partial charge in [0.05, 0.1) is 22.3 Å². The van der Waals surface area contributed by atoms with Crippen molar-refractivity contribution in [2.45, 2.75) is 13.0 Å². The van der Waals surface area contributed by atoms with Gasteiger partial charge in [0.1, 0.15) is 0 Å². The minimum absolute atomic E-state index is 0.00169. The van der Waals surface area contributed by atoms with E-state index in [0.717, 1.165) is 0 Å². The maximum atomic E-state index is 10.6. The molecule has 0 aliphatic carbocycles. The van der Waals surface area contributed by atoms with E-state index in [0.29, 0.717) is 11.4 Å². The number of nitro groups is 1. The van der Waals surface area contributed by atoms with Gasteiger partial charge in [-0.3, -0.25) is 10.1 Å². The lowest BCUT2D eigenvalue weighted by molar-refractivity contribution is -0.384. The highest BCUT2D eigenvalue weighted by Gasteiger charge is 2.11. The molecule has 1 heterocycles. The van der Waals surface area contributed by atoms with Crippen molar-refractivity contribution in [3.8, 4) is 0 Å². The minimum Gasteiger partial charge on any atom is -0.397 e. The van der Waals surface area contributed by atoms with Crippen LogP contribution in [-0.4, -0.2) is 4.92 Å². The number of nitrogens with two attached hydrogens (primary N) is 1. The van der Waals surface area contributed by atoms with Crippen molar-refractivity contribution < 1.29 is 4.92 Å². The number of rotatable bonds is 4. The SMILES string of the molecule is CC(Nc1ccc([N+](=O)[O-])cc1N)c1cccs1. The number of nitrogens with zero attached hydrogens (tertiary/aromatic N) is 1. The van der Waals surface area contributed by atoms with E-state index in [9.17, 15) is 10.1 Å². The van der Waals surface area contributed by atoms with Crippen LogP contribution in [0, 0.1) is 10.1 Å². The Hall–Kier alpha value is -2.08. The summed E-state index contributed by atoms with van der Waals surface area (Å²) in [4.78, 5) is 11.3. The molecule has 5 nitrogen and oxygen atoms in total. The molecule has 0 aliphatic rings. The molecule has 2 aromatic rings. The first-order valence-electron chi connectivity index (χ1n) is 5.42. The number of hydrogen-bond acceptors (Lipinski definition) is 5. The van der Waals surface area contributed by atoms with Gasteiger partial charge >= 0.3 is 0 Å². The van der Waals surface area contributed by atoms with Gasteiger partial charge in [0, 0.05) is 17.0 Å². The van der Waals surface area contributed by atoms with Crippen LogP contribution in [0.25, 0.3) is 0 Å². The maximum absolute atomic E-state index is 10.6. The highest BCUT2D eigenvalue weighted by Crippen LogP contribution is 2.29. The average molecular weight is 263 g/mol. The molecule has 0 bridgehead atoms. The Morgan fingerprint density at radius 1 is 1.44 bits per heavy atom. The van der Waals surface area contributed by atoms with Crippen LogP contribution in [0.3, 0.4) is 0 Å². The van der Waals surface area contributed by atoms with Crippen LogP contribution in [0.4, 0.5) is 17.1 Å². The van der Waals surface area contributed by atoms with Crippen LogP contribution in [0.2, 0.25) is 0 Å². The number of benzene rings is 1. The van der Waals surface area contributed by atoms with E-state index in [1.807, 2.05) is 24.4 Å². The van der Waals surface area contributed by atoms with Gasteiger partial charge in [-0.2, -0.15) is 0 Å². The molecule has 0 amide bonds. The quantitative estimate of drug-likeness (QED) is 0.503. The molecular weight excluding hydrogens is 250 g/mol. The van der Waals surface area contributed by atoms with E-state index in [-0.39, 0.29) is 11.7 Å². The number of non-ortho nitro benzene ring substituents is 1. The first-order valence-corrected chi connectivity index (χ1v) is 6.29. The molecular formula is C12H13N3O2S. The molecule has 0 saturated heterocycles.